The predicted molar refractivity (Wildman–Crippen MR) is 69.6 cm³/mol. The van der Waals surface area contributed by atoms with Crippen molar-refractivity contribution < 1.29 is 32.3 Å². The molecule has 0 bridgehead atoms. The van der Waals surface area contributed by atoms with Crippen LogP contribution in [-0.2, 0) is 19.1 Å². The van der Waals surface area contributed by atoms with E-state index in [4.69, 9.17) is 0 Å². The summed E-state index contributed by atoms with van der Waals surface area (Å²) in [6.45, 7) is 4.06. The van der Waals surface area contributed by atoms with Crippen molar-refractivity contribution in [1.82, 2.24) is 10.2 Å². The number of hydrogen-bond donors (Lipinski definition) is 1. The minimum absolute atomic E-state index is 0.254. The molecule has 22 heavy (non-hydrogen) atoms. The number of halogens is 3. The topological polar surface area (TPSA) is 75.7 Å². The molecule has 1 N–H and O–H groups in total. The van der Waals surface area contributed by atoms with Crippen LogP contribution in [-0.4, -0.2) is 54.1 Å². The molecule has 0 aromatic rings. The van der Waals surface area contributed by atoms with E-state index in [1.807, 2.05) is 0 Å². The quantitative estimate of drug-likeness (QED) is 0.601. The molecule has 0 spiro atoms. The molecule has 0 aromatic carbocycles. The largest absolute Gasteiger partial charge is 0.467 e. The highest BCUT2D eigenvalue weighted by molar-refractivity contribution is 5.94. The Labute approximate surface area is 126 Å². The number of alkyl halides is 3. The number of carbonyl (C=O) groups is 3. The molecule has 1 rings (SSSR count). The van der Waals surface area contributed by atoms with Gasteiger partial charge in [-0.15, -0.1) is 0 Å². The van der Waals surface area contributed by atoms with Crippen molar-refractivity contribution in [2.24, 2.45) is 5.92 Å². The molecule has 0 radical (unpaired) electrons. The summed E-state index contributed by atoms with van der Waals surface area (Å²) in [6.07, 6.45) is -4.78. The van der Waals surface area contributed by atoms with Gasteiger partial charge in [0.05, 0.1) is 7.11 Å². The molecule has 126 valence electrons. The highest BCUT2D eigenvalue weighted by atomic mass is 19.4. The Morgan fingerprint density at radius 2 is 1.86 bits per heavy atom. The van der Waals surface area contributed by atoms with Gasteiger partial charge in [-0.25, -0.2) is 4.79 Å². The van der Waals surface area contributed by atoms with Gasteiger partial charge in [0.2, 0.25) is 17.4 Å². The maximum Gasteiger partial charge on any atom is 0.422 e. The number of amides is 2. The summed E-state index contributed by atoms with van der Waals surface area (Å²) in [5.41, 5.74) is -3.17. The molecule has 2 amide bonds. The van der Waals surface area contributed by atoms with Gasteiger partial charge >= 0.3 is 12.1 Å². The second-order valence-corrected chi connectivity index (χ2v) is 5.63. The summed E-state index contributed by atoms with van der Waals surface area (Å²) >= 11 is 0. The Bertz CT molecular complexity index is 478. The number of hydrogen-bond acceptors (Lipinski definition) is 4. The minimum Gasteiger partial charge on any atom is -0.467 e. The number of esters is 1. The van der Waals surface area contributed by atoms with Crippen molar-refractivity contribution in [3.8, 4) is 0 Å². The Balaban J connectivity index is 3.03. The third-order valence-electron chi connectivity index (χ3n) is 3.66. The first-order valence-electron chi connectivity index (χ1n) is 6.72. The molecule has 2 atom stereocenters. The van der Waals surface area contributed by atoms with E-state index in [1.54, 1.807) is 19.2 Å². The first-order chi connectivity index (χ1) is 9.95. The normalized spacial score (nSPS) is 19.3. The van der Waals surface area contributed by atoms with Crippen molar-refractivity contribution in [3.05, 3.63) is 0 Å². The predicted octanol–water partition coefficient (Wildman–Crippen LogP) is 0.853. The van der Waals surface area contributed by atoms with Gasteiger partial charge in [0, 0.05) is 13.0 Å². The van der Waals surface area contributed by atoms with Crippen LogP contribution in [0.5, 0.6) is 0 Å². The number of likely N-dealkylation sites (tertiary alicyclic amines) is 1. The van der Waals surface area contributed by atoms with Crippen LogP contribution in [0.1, 0.15) is 27.2 Å². The first-order valence-corrected chi connectivity index (χ1v) is 6.72. The van der Waals surface area contributed by atoms with Crippen molar-refractivity contribution in [3.63, 3.8) is 0 Å². The van der Waals surface area contributed by atoms with Crippen LogP contribution in [0, 0.1) is 5.92 Å². The average Bonchev–Trinajstić information content (AvgIpc) is 2.39. The number of carbonyl (C=O) groups excluding carboxylic acids is 3. The molecule has 1 aliphatic heterocycles. The van der Waals surface area contributed by atoms with Crippen LogP contribution in [0.4, 0.5) is 13.2 Å². The number of nitrogens with zero attached hydrogens (tertiary/aromatic N) is 1. The van der Waals surface area contributed by atoms with Crippen LogP contribution >= 0.6 is 0 Å². The lowest BCUT2D eigenvalue weighted by Gasteiger charge is -2.41. The third-order valence-corrected chi connectivity index (χ3v) is 3.66. The van der Waals surface area contributed by atoms with Gasteiger partial charge in [0.1, 0.15) is 6.04 Å². The molecule has 1 saturated heterocycles. The maximum absolute atomic E-state index is 13.1. The summed E-state index contributed by atoms with van der Waals surface area (Å²) < 4.78 is 43.6. The number of β-lactam (4-membered cyclic amide) rings is 1. The summed E-state index contributed by atoms with van der Waals surface area (Å²) in [5, 5.41) is 1.70. The summed E-state index contributed by atoms with van der Waals surface area (Å²) in [7, 11) is 0.803. The Hall–Kier alpha value is -1.80. The van der Waals surface area contributed by atoms with Gasteiger partial charge < -0.3 is 15.0 Å². The number of nitrogens with one attached hydrogen (secondary N) is 1. The Kier molecular flexibility index (Phi) is 5.09. The lowest BCUT2D eigenvalue weighted by molar-refractivity contribution is -0.209. The molecule has 0 aliphatic carbocycles. The molecular weight excluding hydrogens is 305 g/mol. The van der Waals surface area contributed by atoms with Gasteiger partial charge in [0.15, 0.2) is 0 Å². The Morgan fingerprint density at radius 3 is 2.14 bits per heavy atom. The SMILES string of the molecule is COC(=O)C(C)(NC(=O)C(C(C)C)N1CCC1=O)C(F)(F)F. The lowest BCUT2D eigenvalue weighted by atomic mass is 9.95. The molecular formula is C13H19F3N2O4. The fourth-order valence-corrected chi connectivity index (χ4v) is 2.19. The zero-order valence-electron chi connectivity index (χ0n) is 12.8. The van der Waals surface area contributed by atoms with E-state index in [0.29, 0.717) is 13.5 Å². The highest BCUT2D eigenvalue weighted by Gasteiger charge is 2.60. The van der Waals surface area contributed by atoms with E-state index >= 15 is 0 Å². The number of methoxy groups -OCH3 is 1. The van der Waals surface area contributed by atoms with Crippen molar-refractivity contribution in [1.29, 1.82) is 0 Å². The van der Waals surface area contributed by atoms with Crippen molar-refractivity contribution in [2.75, 3.05) is 13.7 Å². The van der Waals surface area contributed by atoms with Crippen LogP contribution in [0.25, 0.3) is 0 Å². The van der Waals surface area contributed by atoms with Crippen molar-refractivity contribution in [2.45, 2.75) is 44.9 Å². The summed E-state index contributed by atoms with van der Waals surface area (Å²) in [4.78, 5) is 36.4. The van der Waals surface area contributed by atoms with E-state index in [9.17, 15) is 27.6 Å². The second kappa shape index (κ2) is 6.13. The summed E-state index contributed by atoms with van der Waals surface area (Å²) in [6, 6.07) is -1.06. The van der Waals surface area contributed by atoms with Gasteiger partial charge in [-0.05, 0) is 12.8 Å². The average molecular weight is 324 g/mol. The van der Waals surface area contributed by atoms with Crippen molar-refractivity contribution >= 4 is 17.8 Å². The molecule has 2 unspecified atom stereocenters. The van der Waals surface area contributed by atoms with Crippen LogP contribution in [0.15, 0.2) is 0 Å². The number of ether oxygens (including phenoxy) is 1. The molecule has 0 aromatic heterocycles. The van der Waals surface area contributed by atoms with Crippen LogP contribution in [0.2, 0.25) is 0 Å². The first kappa shape index (κ1) is 18.2. The standard InChI is InChI=1S/C13H19F3N2O4/c1-7(2)9(18-6-5-8(18)19)10(20)17-12(3,11(21)22-4)13(14,15)16/h7,9H,5-6H2,1-4H3,(H,17,20). The lowest BCUT2D eigenvalue weighted by Crippen LogP contribution is -2.67. The van der Waals surface area contributed by atoms with E-state index in [2.05, 4.69) is 4.74 Å². The smallest absolute Gasteiger partial charge is 0.422 e. The zero-order valence-corrected chi connectivity index (χ0v) is 12.8. The zero-order chi connectivity index (χ0) is 17.3. The fraction of sp³-hybridized carbons (Fsp3) is 0.769. The van der Waals surface area contributed by atoms with E-state index in [0.717, 1.165) is 7.11 Å². The van der Waals surface area contributed by atoms with Gasteiger partial charge in [-0.3, -0.25) is 9.59 Å². The van der Waals surface area contributed by atoms with Crippen LogP contribution < -0.4 is 5.32 Å². The molecule has 1 heterocycles. The molecule has 1 aliphatic rings. The monoisotopic (exact) mass is 324 g/mol. The van der Waals surface area contributed by atoms with E-state index in [1.165, 1.54) is 4.90 Å². The highest BCUT2D eigenvalue weighted by Crippen LogP contribution is 2.32. The van der Waals surface area contributed by atoms with Gasteiger partial charge in [0.25, 0.3) is 0 Å². The van der Waals surface area contributed by atoms with Gasteiger partial charge in [-0.2, -0.15) is 13.2 Å². The number of rotatable bonds is 5. The van der Waals surface area contributed by atoms with E-state index in [-0.39, 0.29) is 12.3 Å². The molecule has 6 nitrogen and oxygen atoms in total. The Morgan fingerprint density at radius 1 is 1.32 bits per heavy atom. The fourth-order valence-electron chi connectivity index (χ4n) is 2.19. The van der Waals surface area contributed by atoms with Gasteiger partial charge in [-0.1, -0.05) is 13.8 Å². The van der Waals surface area contributed by atoms with E-state index < -0.39 is 35.6 Å². The molecule has 1 fully saturated rings. The van der Waals surface area contributed by atoms with Crippen LogP contribution in [0.3, 0.4) is 0 Å². The third kappa shape index (κ3) is 3.17. The molecule has 9 heteroatoms. The second-order valence-electron chi connectivity index (χ2n) is 5.63. The molecule has 0 saturated carbocycles. The summed E-state index contributed by atoms with van der Waals surface area (Å²) in [5.74, 6) is -3.36. The maximum atomic E-state index is 13.1. The minimum atomic E-state index is -5.03.